The standard InChI is InChI=1S/C31H35ClN4O4S/c1-35(25-8-3-2-4-9-25)19-7-18-33-30(37)23-14-17-29-27(20-23)36(34-21-22-12-15-24(32)16-13-22)31(38)26-10-5-6-11-28(26)41(29,39)40/h5-6,10-17,20,25,34H,2-4,7-9,18-19,21H2,1H3,(H,33,37). The van der Waals surface area contributed by atoms with Gasteiger partial charge in [0, 0.05) is 29.7 Å². The van der Waals surface area contributed by atoms with Gasteiger partial charge < -0.3 is 10.2 Å². The van der Waals surface area contributed by atoms with Crippen molar-refractivity contribution in [1.82, 2.24) is 15.6 Å². The van der Waals surface area contributed by atoms with Crippen molar-refractivity contribution in [1.29, 1.82) is 0 Å². The van der Waals surface area contributed by atoms with Crippen LogP contribution in [0.4, 0.5) is 5.69 Å². The summed E-state index contributed by atoms with van der Waals surface area (Å²) < 4.78 is 27.4. The molecule has 2 N–H and O–H groups in total. The number of fused-ring (bicyclic) bond motifs is 2. The third-order valence-electron chi connectivity index (χ3n) is 7.89. The summed E-state index contributed by atoms with van der Waals surface area (Å²) >= 11 is 6.01. The Kier molecular flexibility index (Phi) is 9.09. The zero-order valence-corrected chi connectivity index (χ0v) is 24.7. The number of carbonyl (C=O) groups is 2. The molecule has 1 heterocycles. The minimum absolute atomic E-state index is 0.0509. The number of benzene rings is 3. The topological polar surface area (TPSA) is 98.8 Å². The van der Waals surface area contributed by atoms with Gasteiger partial charge in [0.05, 0.1) is 21.0 Å². The van der Waals surface area contributed by atoms with Crippen molar-refractivity contribution in [2.24, 2.45) is 0 Å². The number of hydrogen-bond acceptors (Lipinski definition) is 6. The van der Waals surface area contributed by atoms with Gasteiger partial charge in [-0.15, -0.1) is 0 Å². The van der Waals surface area contributed by atoms with Crippen LogP contribution in [-0.4, -0.2) is 51.3 Å². The van der Waals surface area contributed by atoms with E-state index < -0.39 is 15.7 Å². The third kappa shape index (κ3) is 6.48. The van der Waals surface area contributed by atoms with Crippen LogP contribution >= 0.6 is 11.6 Å². The molecule has 41 heavy (non-hydrogen) atoms. The zero-order valence-electron chi connectivity index (χ0n) is 23.1. The molecule has 1 aliphatic carbocycles. The van der Waals surface area contributed by atoms with E-state index in [1.54, 1.807) is 24.3 Å². The minimum Gasteiger partial charge on any atom is -0.352 e. The Morgan fingerprint density at radius 3 is 2.49 bits per heavy atom. The van der Waals surface area contributed by atoms with Crippen molar-refractivity contribution in [3.8, 4) is 0 Å². The fraction of sp³-hybridized carbons (Fsp3) is 0.355. The highest BCUT2D eigenvalue weighted by Gasteiger charge is 2.36. The average molecular weight is 595 g/mol. The Morgan fingerprint density at radius 1 is 1.00 bits per heavy atom. The van der Waals surface area contributed by atoms with E-state index in [0.29, 0.717) is 17.6 Å². The first kappa shape index (κ1) is 29.3. The Balaban J connectivity index is 1.37. The highest BCUT2D eigenvalue weighted by atomic mass is 35.5. The van der Waals surface area contributed by atoms with Crippen molar-refractivity contribution in [2.75, 3.05) is 25.1 Å². The summed E-state index contributed by atoms with van der Waals surface area (Å²) in [5, 5.41) is 4.77. The normalized spacial score (nSPS) is 16.7. The van der Waals surface area contributed by atoms with E-state index in [2.05, 4.69) is 22.7 Å². The van der Waals surface area contributed by atoms with E-state index in [0.717, 1.165) is 18.5 Å². The van der Waals surface area contributed by atoms with Gasteiger partial charge in [-0.2, -0.15) is 0 Å². The number of anilines is 1. The largest absolute Gasteiger partial charge is 0.352 e. The van der Waals surface area contributed by atoms with Crippen LogP contribution in [0, 0.1) is 0 Å². The number of amides is 2. The summed E-state index contributed by atoms with van der Waals surface area (Å²) in [4.78, 5) is 29.1. The predicted octanol–water partition coefficient (Wildman–Crippen LogP) is 5.22. The maximum atomic E-state index is 13.7. The number of sulfone groups is 1. The fourth-order valence-electron chi connectivity index (χ4n) is 5.55. The van der Waals surface area contributed by atoms with Gasteiger partial charge in [-0.05, 0) is 80.9 Å². The van der Waals surface area contributed by atoms with Crippen molar-refractivity contribution >= 4 is 38.9 Å². The summed E-state index contributed by atoms with van der Waals surface area (Å²) in [5.41, 5.74) is 4.36. The monoisotopic (exact) mass is 594 g/mol. The van der Waals surface area contributed by atoms with Crippen LogP contribution < -0.4 is 15.8 Å². The van der Waals surface area contributed by atoms with E-state index >= 15 is 0 Å². The second-order valence-electron chi connectivity index (χ2n) is 10.7. The lowest BCUT2D eigenvalue weighted by atomic mass is 9.94. The van der Waals surface area contributed by atoms with Gasteiger partial charge in [-0.1, -0.05) is 55.1 Å². The molecule has 3 aromatic carbocycles. The number of halogens is 1. The van der Waals surface area contributed by atoms with Crippen LogP contribution in [0.25, 0.3) is 0 Å². The average Bonchev–Trinajstić information content (AvgIpc) is 3.06. The molecule has 0 saturated heterocycles. The van der Waals surface area contributed by atoms with Crippen LogP contribution in [0.1, 0.15) is 64.8 Å². The number of nitrogens with zero attached hydrogens (tertiary/aromatic N) is 2. The van der Waals surface area contributed by atoms with Gasteiger partial charge in [0.15, 0.2) is 0 Å². The van der Waals surface area contributed by atoms with Crippen LogP contribution in [0.5, 0.6) is 0 Å². The lowest BCUT2D eigenvalue weighted by Gasteiger charge is -2.31. The molecule has 10 heteroatoms. The van der Waals surface area contributed by atoms with Crippen molar-refractivity contribution in [3.05, 3.63) is 88.4 Å². The summed E-state index contributed by atoms with van der Waals surface area (Å²) in [6.07, 6.45) is 7.13. The first-order valence-electron chi connectivity index (χ1n) is 14.0. The Morgan fingerprint density at radius 2 is 1.73 bits per heavy atom. The van der Waals surface area contributed by atoms with Crippen LogP contribution in [0.15, 0.2) is 76.5 Å². The van der Waals surface area contributed by atoms with Gasteiger partial charge in [0.1, 0.15) is 0 Å². The molecule has 0 radical (unpaired) electrons. The summed E-state index contributed by atoms with van der Waals surface area (Å²) in [6.45, 7) is 1.62. The smallest absolute Gasteiger partial charge is 0.274 e. The molecule has 0 bridgehead atoms. The Labute approximate surface area is 246 Å². The van der Waals surface area contributed by atoms with Gasteiger partial charge in [-0.3, -0.25) is 9.59 Å². The molecule has 8 nitrogen and oxygen atoms in total. The van der Waals surface area contributed by atoms with Crippen molar-refractivity contribution < 1.29 is 18.0 Å². The Hall–Kier alpha value is -3.24. The third-order valence-corrected chi connectivity index (χ3v) is 10.00. The van der Waals surface area contributed by atoms with Gasteiger partial charge in [-0.25, -0.2) is 18.9 Å². The van der Waals surface area contributed by atoms with Gasteiger partial charge >= 0.3 is 0 Å². The zero-order chi connectivity index (χ0) is 29.0. The van der Waals surface area contributed by atoms with E-state index in [9.17, 15) is 18.0 Å². The van der Waals surface area contributed by atoms with E-state index in [1.165, 1.54) is 67.4 Å². The molecule has 1 aliphatic heterocycles. The molecule has 3 aromatic rings. The number of hydrogen-bond donors (Lipinski definition) is 2. The fourth-order valence-corrected chi connectivity index (χ4v) is 7.29. The summed E-state index contributed by atoms with van der Waals surface area (Å²) in [6, 6.07) is 18.2. The summed E-state index contributed by atoms with van der Waals surface area (Å²) in [7, 11) is -1.89. The van der Waals surface area contributed by atoms with Gasteiger partial charge in [0.25, 0.3) is 11.8 Å². The van der Waals surface area contributed by atoms with E-state index in [-0.39, 0.29) is 39.1 Å². The molecule has 2 aliphatic rings. The van der Waals surface area contributed by atoms with Crippen LogP contribution in [0.3, 0.4) is 0 Å². The molecular formula is C31H35ClN4O4S. The first-order valence-corrected chi connectivity index (χ1v) is 15.9. The molecule has 0 spiro atoms. The van der Waals surface area contributed by atoms with Crippen molar-refractivity contribution in [3.63, 3.8) is 0 Å². The molecular weight excluding hydrogens is 560 g/mol. The molecule has 1 saturated carbocycles. The Bertz CT molecular complexity index is 1520. The number of hydrazine groups is 1. The van der Waals surface area contributed by atoms with E-state index in [4.69, 9.17) is 11.6 Å². The number of nitrogens with one attached hydrogen (secondary N) is 2. The van der Waals surface area contributed by atoms with Crippen molar-refractivity contribution in [2.45, 2.75) is 60.9 Å². The first-order chi connectivity index (χ1) is 19.8. The molecule has 5 rings (SSSR count). The molecule has 1 fully saturated rings. The lowest BCUT2D eigenvalue weighted by molar-refractivity contribution is 0.0945. The van der Waals surface area contributed by atoms with E-state index in [1.807, 2.05) is 12.1 Å². The highest BCUT2D eigenvalue weighted by molar-refractivity contribution is 7.91. The van der Waals surface area contributed by atoms with Crippen LogP contribution in [0.2, 0.25) is 5.02 Å². The van der Waals surface area contributed by atoms with Gasteiger partial charge in [0.2, 0.25) is 9.84 Å². The summed E-state index contributed by atoms with van der Waals surface area (Å²) in [5.74, 6) is -0.849. The number of carbonyl (C=O) groups excluding carboxylic acids is 2. The highest BCUT2D eigenvalue weighted by Crippen LogP contribution is 2.37. The van der Waals surface area contributed by atoms with Crippen LogP contribution in [-0.2, 0) is 16.4 Å². The second-order valence-corrected chi connectivity index (χ2v) is 13.0. The molecule has 2 amide bonds. The second kappa shape index (κ2) is 12.7. The minimum atomic E-state index is -4.03. The quantitative estimate of drug-likeness (QED) is 0.330. The maximum Gasteiger partial charge on any atom is 0.274 e. The predicted molar refractivity (Wildman–Crippen MR) is 160 cm³/mol. The molecule has 0 aromatic heterocycles. The molecule has 216 valence electrons. The SMILES string of the molecule is CN(CCCNC(=O)c1ccc2c(c1)N(NCc1ccc(Cl)cc1)C(=O)c1ccccc1S2(=O)=O)C1CCCCC1. The maximum absolute atomic E-state index is 13.7. The molecule has 0 atom stereocenters. The number of rotatable bonds is 9. The lowest BCUT2D eigenvalue weighted by Crippen LogP contribution is -2.43. The molecule has 0 unspecified atom stereocenters.